The minimum absolute atomic E-state index is 0.314. The highest BCUT2D eigenvalue weighted by Gasteiger charge is 2.47. The standard InChI is InChI=1S/C14H9Cl2N3/c15-10-3-1-9(2-4-10)13-11(7-12(16)18-19-13)14(8-17)5-6-14/h1-4,7H,5-6H2. The highest BCUT2D eigenvalue weighted by molar-refractivity contribution is 6.30. The molecular formula is C14H9Cl2N3. The number of nitriles is 1. The fraction of sp³-hybridized carbons (Fsp3) is 0.214. The zero-order valence-electron chi connectivity index (χ0n) is 9.90. The highest BCUT2D eigenvalue weighted by Crippen LogP contribution is 2.50. The molecule has 19 heavy (non-hydrogen) atoms. The van der Waals surface area contributed by atoms with Crippen molar-refractivity contribution in [2.75, 3.05) is 0 Å². The average Bonchev–Trinajstić information content (AvgIpc) is 3.21. The molecule has 0 N–H and O–H groups in total. The summed E-state index contributed by atoms with van der Waals surface area (Å²) in [5.41, 5.74) is 2.01. The zero-order valence-corrected chi connectivity index (χ0v) is 11.4. The Bertz CT molecular complexity index is 670. The summed E-state index contributed by atoms with van der Waals surface area (Å²) in [5, 5.41) is 18.4. The minimum atomic E-state index is -0.450. The van der Waals surface area contributed by atoms with Crippen molar-refractivity contribution in [3.05, 3.63) is 46.1 Å². The first-order valence-electron chi connectivity index (χ1n) is 5.85. The van der Waals surface area contributed by atoms with Gasteiger partial charge >= 0.3 is 0 Å². The lowest BCUT2D eigenvalue weighted by atomic mass is 9.93. The molecule has 1 aromatic carbocycles. The molecule has 1 aliphatic rings. The summed E-state index contributed by atoms with van der Waals surface area (Å²) in [5.74, 6) is 0. The van der Waals surface area contributed by atoms with Crippen molar-refractivity contribution in [1.29, 1.82) is 5.26 Å². The van der Waals surface area contributed by atoms with E-state index >= 15 is 0 Å². The SMILES string of the molecule is N#CC1(c2cc(Cl)nnc2-c2ccc(Cl)cc2)CC1. The van der Waals surface area contributed by atoms with Gasteiger partial charge in [0, 0.05) is 16.1 Å². The minimum Gasteiger partial charge on any atom is -0.197 e. The summed E-state index contributed by atoms with van der Waals surface area (Å²) in [4.78, 5) is 0. The molecule has 0 amide bonds. The molecule has 0 radical (unpaired) electrons. The van der Waals surface area contributed by atoms with Crippen molar-refractivity contribution in [2.24, 2.45) is 0 Å². The quantitative estimate of drug-likeness (QED) is 0.839. The van der Waals surface area contributed by atoms with Gasteiger partial charge in [-0.15, -0.1) is 10.2 Å². The number of benzene rings is 1. The second kappa shape index (κ2) is 4.48. The average molecular weight is 290 g/mol. The molecule has 1 aliphatic carbocycles. The third-order valence-electron chi connectivity index (χ3n) is 3.36. The Labute approximate surface area is 120 Å². The second-order valence-corrected chi connectivity index (χ2v) is 5.45. The lowest BCUT2D eigenvalue weighted by Crippen LogP contribution is -2.07. The molecule has 3 rings (SSSR count). The Morgan fingerprint density at radius 3 is 2.37 bits per heavy atom. The summed E-state index contributed by atoms with van der Waals surface area (Å²) >= 11 is 11.8. The Balaban J connectivity index is 2.17. The first-order chi connectivity index (χ1) is 9.14. The summed E-state index contributed by atoms with van der Waals surface area (Å²) in [6.07, 6.45) is 1.68. The molecule has 5 heteroatoms. The Morgan fingerprint density at radius 2 is 1.79 bits per heavy atom. The second-order valence-electron chi connectivity index (χ2n) is 4.63. The van der Waals surface area contributed by atoms with E-state index in [-0.39, 0.29) is 0 Å². The number of aromatic nitrogens is 2. The largest absolute Gasteiger partial charge is 0.197 e. The molecule has 1 aromatic heterocycles. The molecule has 0 saturated heterocycles. The van der Waals surface area contributed by atoms with Crippen LogP contribution in [-0.2, 0) is 5.41 Å². The van der Waals surface area contributed by atoms with E-state index in [1.165, 1.54) is 0 Å². The zero-order chi connectivity index (χ0) is 13.5. The molecule has 0 bridgehead atoms. The maximum Gasteiger partial charge on any atom is 0.152 e. The monoisotopic (exact) mass is 289 g/mol. The van der Waals surface area contributed by atoms with Gasteiger partial charge in [0.1, 0.15) is 0 Å². The predicted octanol–water partition coefficient (Wildman–Crippen LogP) is 4.01. The third-order valence-corrected chi connectivity index (χ3v) is 3.80. The first-order valence-corrected chi connectivity index (χ1v) is 6.61. The first kappa shape index (κ1) is 12.4. The topological polar surface area (TPSA) is 49.6 Å². The van der Waals surface area contributed by atoms with Crippen molar-refractivity contribution >= 4 is 23.2 Å². The highest BCUT2D eigenvalue weighted by atomic mass is 35.5. The van der Waals surface area contributed by atoms with E-state index in [9.17, 15) is 5.26 Å². The van der Waals surface area contributed by atoms with Gasteiger partial charge in [-0.3, -0.25) is 0 Å². The van der Waals surface area contributed by atoms with Crippen LogP contribution >= 0.6 is 23.2 Å². The number of hydrogen-bond donors (Lipinski definition) is 0. The van der Waals surface area contributed by atoms with Crippen LogP contribution in [0, 0.1) is 11.3 Å². The van der Waals surface area contributed by atoms with Crippen LogP contribution in [0.3, 0.4) is 0 Å². The maximum absolute atomic E-state index is 9.35. The van der Waals surface area contributed by atoms with Gasteiger partial charge in [0.05, 0.1) is 17.2 Å². The summed E-state index contributed by atoms with van der Waals surface area (Å²) < 4.78 is 0. The molecule has 94 valence electrons. The van der Waals surface area contributed by atoms with Crippen LogP contribution in [0.5, 0.6) is 0 Å². The molecule has 1 saturated carbocycles. The Kier molecular flexibility index (Phi) is 2.93. The summed E-state index contributed by atoms with van der Waals surface area (Å²) in [6, 6.07) is 11.4. The van der Waals surface area contributed by atoms with E-state index in [1.807, 2.05) is 12.1 Å². The molecular weight excluding hydrogens is 281 g/mol. The predicted molar refractivity (Wildman–Crippen MR) is 74.0 cm³/mol. The van der Waals surface area contributed by atoms with E-state index in [4.69, 9.17) is 23.2 Å². The summed E-state index contributed by atoms with van der Waals surface area (Å²) in [6.45, 7) is 0. The number of hydrogen-bond acceptors (Lipinski definition) is 3. The van der Waals surface area contributed by atoms with Crippen molar-refractivity contribution < 1.29 is 0 Å². The molecule has 3 nitrogen and oxygen atoms in total. The van der Waals surface area contributed by atoms with Gasteiger partial charge in [-0.1, -0.05) is 35.3 Å². The van der Waals surface area contributed by atoms with Crippen LogP contribution in [0.25, 0.3) is 11.3 Å². The Morgan fingerprint density at radius 1 is 1.11 bits per heavy atom. The van der Waals surface area contributed by atoms with E-state index < -0.39 is 5.41 Å². The summed E-state index contributed by atoms with van der Waals surface area (Å²) in [7, 11) is 0. The van der Waals surface area contributed by atoms with E-state index in [1.54, 1.807) is 18.2 Å². The van der Waals surface area contributed by atoms with Crippen LogP contribution in [-0.4, -0.2) is 10.2 Å². The number of rotatable bonds is 2. The molecule has 1 fully saturated rings. The van der Waals surface area contributed by atoms with E-state index in [2.05, 4.69) is 16.3 Å². The molecule has 0 spiro atoms. The fourth-order valence-corrected chi connectivity index (χ4v) is 2.39. The van der Waals surface area contributed by atoms with Crippen molar-refractivity contribution in [3.8, 4) is 17.3 Å². The molecule has 1 heterocycles. The third kappa shape index (κ3) is 2.18. The fourth-order valence-electron chi connectivity index (χ4n) is 2.12. The maximum atomic E-state index is 9.35. The lowest BCUT2D eigenvalue weighted by molar-refractivity contribution is 0.878. The van der Waals surface area contributed by atoms with Gasteiger partial charge < -0.3 is 0 Å². The van der Waals surface area contributed by atoms with Gasteiger partial charge in [-0.25, -0.2) is 0 Å². The van der Waals surface area contributed by atoms with Gasteiger partial charge in [-0.05, 0) is 31.0 Å². The van der Waals surface area contributed by atoms with Crippen LogP contribution in [0.4, 0.5) is 0 Å². The van der Waals surface area contributed by atoms with Gasteiger partial charge in [0.2, 0.25) is 0 Å². The normalized spacial score (nSPS) is 15.8. The van der Waals surface area contributed by atoms with Crippen molar-refractivity contribution in [2.45, 2.75) is 18.3 Å². The van der Waals surface area contributed by atoms with E-state index in [0.29, 0.717) is 15.9 Å². The van der Waals surface area contributed by atoms with Crippen LogP contribution in [0.15, 0.2) is 30.3 Å². The van der Waals surface area contributed by atoms with Crippen LogP contribution in [0.2, 0.25) is 10.2 Å². The smallest absolute Gasteiger partial charge is 0.152 e. The van der Waals surface area contributed by atoms with Gasteiger partial charge in [0.25, 0.3) is 0 Å². The molecule has 0 aliphatic heterocycles. The number of halogens is 2. The number of nitrogens with zero attached hydrogens (tertiary/aromatic N) is 3. The molecule has 0 atom stereocenters. The van der Waals surface area contributed by atoms with Gasteiger partial charge in [-0.2, -0.15) is 5.26 Å². The van der Waals surface area contributed by atoms with Crippen LogP contribution < -0.4 is 0 Å². The van der Waals surface area contributed by atoms with Crippen molar-refractivity contribution in [3.63, 3.8) is 0 Å². The lowest BCUT2D eigenvalue weighted by Gasteiger charge is -2.12. The van der Waals surface area contributed by atoms with Crippen molar-refractivity contribution in [1.82, 2.24) is 10.2 Å². The molecule has 0 unspecified atom stereocenters. The van der Waals surface area contributed by atoms with Gasteiger partial charge in [0.15, 0.2) is 5.15 Å². The van der Waals surface area contributed by atoms with Crippen LogP contribution in [0.1, 0.15) is 18.4 Å². The molecule has 2 aromatic rings. The van der Waals surface area contributed by atoms with E-state index in [0.717, 1.165) is 24.0 Å². The Hall–Kier alpha value is -1.63.